The van der Waals surface area contributed by atoms with Gasteiger partial charge in [-0.25, -0.2) is 4.99 Å². The van der Waals surface area contributed by atoms with Gasteiger partial charge in [-0.15, -0.1) is 13.2 Å². The summed E-state index contributed by atoms with van der Waals surface area (Å²) in [6, 6.07) is 5.56. The Morgan fingerprint density at radius 2 is 2.09 bits per heavy atom. The number of dihydropyridines is 1. The molecule has 2 aliphatic rings. The van der Waals surface area contributed by atoms with Gasteiger partial charge in [0.25, 0.3) is 5.91 Å². The molecule has 2 aliphatic heterocycles. The largest absolute Gasteiger partial charge is 0.573 e. The highest BCUT2D eigenvalue weighted by atomic mass is 19.4. The molecule has 0 spiro atoms. The van der Waals surface area contributed by atoms with E-state index in [0.717, 1.165) is 0 Å². The van der Waals surface area contributed by atoms with Crippen LogP contribution in [-0.4, -0.2) is 24.2 Å². The second-order valence-corrected chi connectivity index (χ2v) is 5.05. The summed E-state index contributed by atoms with van der Waals surface area (Å²) in [7, 11) is 0. The van der Waals surface area contributed by atoms with Crippen LogP contribution in [0.3, 0.4) is 0 Å². The van der Waals surface area contributed by atoms with Gasteiger partial charge in [0.15, 0.2) is 0 Å². The van der Waals surface area contributed by atoms with E-state index in [4.69, 9.17) is 0 Å². The number of alkyl halides is 3. The molecule has 0 bridgehead atoms. The van der Waals surface area contributed by atoms with Crippen molar-refractivity contribution in [1.29, 1.82) is 0 Å². The van der Waals surface area contributed by atoms with Gasteiger partial charge in [-0.3, -0.25) is 9.79 Å². The molecule has 7 heteroatoms. The zero-order chi connectivity index (χ0) is 16.4. The standard InChI is InChI=1S/C16H11F3N2O2/c17-16(18,19)23-13-3-1-2-10(7-13)6-12-8-11-4-5-20-9-14(11)21-15(12)22/h1-5,7-9,11H,6H2. The van der Waals surface area contributed by atoms with Gasteiger partial charge in [0, 0.05) is 30.3 Å². The lowest BCUT2D eigenvalue weighted by atomic mass is 9.92. The first-order valence-corrected chi connectivity index (χ1v) is 6.79. The maximum atomic E-state index is 12.3. The average Bonchev–Trinajstić information content (AvgIpc) is 2.46. The molecule has 1 amide bonds. The van der Waals surface area contributed by atoms with Crippen LogP contribution in [-0.2, 0) is 11.2 Å². The number of halogens is 3. The van der Waals surface area contributed by atoms with Crippen LogP contribution in [0, 0.1) is 5.92 Å². The quantitative estimate of drug-likeness (QED) is 0.858. The minimum atomic E-state index is -4.75. The molecule has 1 aromatic carbocycles. The van der Waals surface area contributed by atoms with Crippen LogP contribution in [0.25, 0.3) is 0 Å². The fraction of sp³-hybridized carbons (Fsp3) is 0.188. The Kier molecular flexibility index (Phi) is 3.85. The maximum absolute atomic E-state index is 12.3. The monoisotopic (exact) mass is 320 g/mol. The smallest absolute Gasteiger partial charge is 0.406 e. The molecule has 1 atom stereocenters. The molecule has 0 aliphatic carbocycles. The van der Waals surface area contributed by atoms with Crippen molar-refractivity contribution in [3.05, 3.63) is 53.8 Å². The van der Waals surface area contributed by atoms with E-state index < -0.39 is 12.3 Å². The Labute approximate surface area is 129 Å². The molecule has 1 aromatic rings. The van der Waals surface area contributed by atoms with Gasteiger partial charge in [0.05, 0.1) is 5.71 Å². The number of amides is 1. The first-order valence-electron chi connectivity index (χ1n) is 6.79. The zero-order valence-corrected chi connectivity index (χ0v) is 11.7. The molecule has 0 N–H and O–H groups in total. The summed E-state index contributed by atoms with van der Waals surface area (Å²) < 4.78 is 40.6. The highest BCUT2D eigenvalue weighted by Gasteiger charge is 2.31. The lowest BCUT2D eigenvalue weighted by Gasteiger charge is -2.18. The van der Waals surface area contributed by atoms with Gasteiger partial charge >= 0.3 is 6.36 Å². The molecular weight excluding hydrogens is 309 g/mol. The van der Waals surface area contributed by atoms with Crippen LogP contribution in [0.5, 0.6) is 5.75 Å². The first-order chi connectivity index (χ1) is 10.9. The van der Waals surface area contributed by atoms with Crippen LogP contribution in [0.2, 0.25) is 0 Å². The van der Waals surface area contributed by atoms with E-state index in [0.29, 0.717) is 16.8 Å². The fourth-order valence-electron chi connectivity index (χ4n) is 2.37. The Balaban J connectivity index is 1.78. The lowest BCUT2D eigenvalue weighted by molar-refractivity contribution is -0.274. The average molecular weight is 320 g/mol. The molecule has 0 aromatic heterocycles. The highest BCUT2D eigenvalue weighted by Crippen LogP contribution is 2.26. The normalized spacial score (nSPS) is 20.0. The number of carbonyl (C=O) groups excluding carboxylic acids is 1. The topological polar surface area (TPSA) is 51.0 Å². The molecule has 0 fully saturated rings. The third-order valence-electron chi connectivity index (χ3n) is 3.34. The van der Waals surface area contributed by atoms with Crippen molar-refractivity contribution in [2.45, 2.75) is 12.8 Å². The number of hydrogen-bond donors (Lipinski definition) is 0. The van der Waals surface area contributed by atoms with Gasteiger partial charge in [-0.2, -0.15) is 0 Å². The number of nitrogens with zero attached hydrogens (tertiary/aromatic N) is 2. The third kappa shape index (κ3) is 3.74. The Morgan fingerprint density at radius 3 is 2.87 bits per heavy atom. The first kappa shape index (κ1) is 15.2. The van der Waals surface area contributed by atoms with Gasteiger partial charge in [0.1, 0.15) is 5.75 Å². The van der Waals surface area contributed by atoms with Crippen molar-refractivity contribution in [2.75, 3.05) is 0 Å². The number of aliphatic imine (C=N–C) groups is 2. The van der Waals surface area contributed by atoms with E-state index in [1.165, 1.54) is 24.4 Å². The number of carbonyl (C=O) groups is 1. The van der Waals surface area contributed by atoms with E-state index in [-0.39, 0.29) is 18.1 Å². The molecule has 0 saturated heterocycles. The van der Waals surface area contributed by atoms with Crippen molar-refractivity contribution < 1.29 is 22.7 Å². The molecule has 0 radical (unpaired) electrons. The molecule has 1 unspecified atom stereocenters. The molecule has 0 saturated carbocycles. The molecule has 4 nitrogen and oxygen atoms in total. The minimum absolute atomic E-state index is 0.130. The number of allylic oxidation sites excluding steroid dienone is 2. The maximum Gasteiger partial charge on any atom is 0.573 e. The SMILES string of the molecule is O=C1N=C2C=NC=CC2C=C1Cc1cccc(OC(F)(F)F)c1. The second kappa shape index (κ2) is 5.83. The minimum Gasteiger partial charge on any atom is -0.406 e. The van der Waals surface area contributed by atoms with Crippen LogP contribution in [0.1, 0.15) is 5.56 Å². The lowest BCUT2D eigenvalue weighted by Crippen LogP contribution is -2.23. The summed E-state index contributed by atoms with van der Waals surface area (Å²) in [6.07, 6.45) is 2.13. The number of fused-ring (bicyclic) bond motifs is 1. The summed E-state index contributed by atoms with van der Waals surface area (Å²) >= 11 is 0. The van der Waals surface area contributed by atoms with Crippen molar-refractivity contribution in [3.63, 3.8) is 0 Å². The Hall–Kier alpha value is -2.70. The predicted octanol–water partition coefficient (Wildman–Crippen LogP) is 3.25. The van der Waals surface area contributed by atoms with Crippen LogP contribution >= 0.6 is 0 Å². The second-order valence-electron chi connectivity index (χ2n) is 5.05. The van der Waals surface area contributed by atoms with Crippen LogP contribution in [0.4, 0.5) is 13.2 Å². The Morgan fingerprint density at radius 1 is 1.26 bits per heavy atom. The predicted molar refractivity (Wildman–Crippen MR) is 78.5 cm³/mol. The molecule has 3 rings (SSSR count). The number of benzene rings is 1. The van der Waals surface area contributed by atoms with Gasteiger partial charge in [0.2, 0.25) is 0 Å². The highest BCUT2D eigenvalue weighted by molar-refractivity contribution is 6.36. The number of rotatable bonds is 3. The van der Waals surface area contributed by atoms with Crippen LogP contribution < -0.4 is 4.74 Å². The number of ether oxygens (including phenoxy) is 1. The van der Waals surface area contributed by atoms with Crippen molar-refractivity contribution in [1.82, 2.24) is 0 Å². The van der Waals surface area contributed by atoms with Gasteiger partial charge in [-0.05, 0) is 17.7 Å². The van der Waals surface area contributed by atoms with Gasteiger partial charge in [-0.1, -0.05) is 24.3 Å². The third-order valence-corrected chi connectivity index (χ3v) is 3.34. The summed E-state index contributed by atoms with van der Waals surface area (Å²) in [4.78, 5) is 19.9. The van der Waals surface area contributed by atoms with E-state index in [9.17, 15) is 18.0 Å². The molecule has 23 heavy (non-hydrogen) atoms. The zero-order valence-electron chi connectivity index (χ0n) is 11.7. The van der Waals surface area contributed by atoms with Crippen molar-refractivity contribution >= 4 is 17.8 Å². The summed E-state index contributed by atoms with van der Waals surface area (Å²) in [5.74, 6) is -0.845. The Bertz CT molecular complexity index is 761. The van der Waals surface area contributed by atoms with Gasteiger partial charge < -0.3 is 4.74 Å². The molecular formula is C16H11F3N2O2. The van der Waals surface area contributed by atoms with Crippen LogP contribution in [0.15, 0.2) is 58.2 Å². The molecule has 2 heterocycles. The summed E-state index contributed by atoms with van der Waals surface area (Å²) in [6.45, 7) is 0. The summed E-state index contributed by atoms with van der Waals surface area (Å²) in [5.41, 5.74) is 1.54. The van der Waals surface area contributed by atoms with E-state index in [1.807, 2.05) is 0 Å². The molecule has 118 valence electrons. The summed E-state index contributed by atoms with van der Waals surface area (Å²) in [5, 5.41) is 0. The number of hydrogen-bond acceptors (Lipinski definition) is 3. The van der Waals surface area contributed by atoms with Crippen molar-refractivity contribution in [3.8, 4) is 5.75 Å². The van der Waals surface area contributed by atoms with E-state index in [1.54, 1.807) is 24.4 Å². The fourth-order valence-corrected chi connectivity index (χ4v) is 2.37. The van der Waals surface area contributed by atoms with E-state index >= 15 is 0 Å². The van der Waals surface area contributed by atoms with E-state index in [2.05, 4.69) is 14.7 Å². The van der Waals surface area contributed by atoms with Crippen molar-refractivity contribution in [2.24, 2.45) is 15.9 Å².